The predicted molar refractivity (Wildman–Crippen MR) is 58.0 cm³/mol. The van der Waals surface area contributed by atoms with E-state index < -0.39 is 12.0 Å². The van der Waals surface area contributed by atoms with Gasteiger partial charge in [-0.2, -0.15) is 0 Å². The SMILES string of the molecule is C[C@@H](NCc1ccc(F)cc1Br)C(=O)O. The molecule has 0 bridgehead atoms. The van der Waals surface area contributed by atoms with E-state index in [0.29, 0.717) is 11.0 Å². The van der Waals surface area contributed by atoms with Crippen LogP contribution in [0.15, 0.2) is 22.7 Å². The Balaban J connectivity index is 2.62. The predicted octanol–water partition coefficient (Wildman–Crippen LogP) is 2.15. The molecular formula is C10H11BrFNO2. The molecule has 0 radical (unpaired) electrons. The molecule has 2 N–H and O–H groups in total. The second kappa shape index (κ2) is 5.23. The lowest BCUT2D eigenvalue weighted by Crippen LogP contribution is -2.33. The molecule has 0 spiro atoms. The number of carbonyl (C=O) groups is 1. The van der Waals surface area contributed by atoms with Crippen LogP contribution in [0, 0.1) is 5.82 Å². The van der Waals surface area contributed by atoms with E-state index in [-0.39, 0.29) is 5.82 Å². The molecule has 0 aliphatic rings. The molecule has 1 rings (SSSR count). The van der Waals surface area contributed by atoms with E-state index >= 15 is 0 Å². The molecule has 0 aromatic heterocycles. The van der Waals surface area contributed by atoms with Crippen molar-refractivity contribution in [3.63, 3.8) is 0 Å². The van der Waals surface area contributed by atoms with Crippen molar-refractivity contribution in [1.82, 2.24) is 5.32 Å². The van der Waals surface area contributed by atoms with Gasteiger partial charge in [0.1, 0.15) is 11.9 Å². The Morgan fingerprint density at radius 1 is 1.67 bits per heavy atom. The summed E-state index contributed by atoms with van der Waals surface area (Å²) >= 11 is 3.21. The quantitative estimate of drug-likeness (QED) is 0.885. The van der Waals surface area contributed by atoms with Gasteiger partial charge in [0.2, 0.25) is 0 Å². The number of nitrogens with one attached hydrogen (secondary N) is 1. The molecule has 82 valence electrons. The summed E-state index contributed by atoms with van der Waals surface area (Å²) in [7, 11) is 0. The first-order chi connectivity index (χ1) is 7.00. The van der Waals surface area contributed by atoms with Crippen LogP contribution in [-0.4, -0.2) is 17.1 Å². The number of carboxylic acid groups (broad SMARTS) is 1. The normalized spacial score (nSPS) is 12.5. The molecule has 0 amide bonds. The molecule has 0 fully saturated rings. The van der Waals surface area contributed by atoms with Crippen molar-refractivity contribution in [2.75, 3.05) is 0 Å². The summed E-state index contributed by atoms with van der Waals surface area (Å²) in [5.41, 5.74) is 0.824. The fourth-order valence-electron chi connectivity index (χ4n) is 1.02. The largest absolute Gasteiger partial charge is 0.480 e. The second-order valence-electron chi connectivity index (χ2n) is 3.18. The Kier molecular flexibility index (Phi) is 4.23. The van der Waals surface area contributed by atoms with Crippen LogP contribution in [0.4, 0.5) is 4.39 Å². The molecule has 1 aromatic rings. The molecule has 0 aliphatic heterocycles. The van der Waals surface area contributed by atoms with E-state index in [0.717, 1.165) is 5.56 Å². The van der Waals surface area contributed by atoms with Crippen LogP contribution in [0.2, 0.25) is 0 Å². The Morgan fingerprint density at radius 2 is 2.33 bits per heavy atom. The molecule has 0 aliphatic carbocycles. The minimum atomic E-state index is -0.909. The molecule has 5 heteroatoms. The van der Waals surface area contributed by atoms with Crippen LogP contribution in [0.3, 0.4) is 0 Å². The van der Waals surface area contributed by atoms with Gasteiger partial charge in [-0.1, -0.05) is 22.0 Å². The maximum atomic E-state index is 12.7. The lowest BCUT2D eigenvalue weighted by Gasteiger charge is -2.10. The topological polar surface area (TPSA) is 49.3 Å². The van der Waals surface area contributed by atoms with Crippen LogP contribution < -0.4 is 5.32 Å². The number of benzene rings is 1. The minimum Gasteiger partial charge on any atom is -0.480 e. The number of rotatable bonds is 4. The zero-order valence-electron chi connectivity index (χ0n) is 8.13. The Hall–Kier alpha value is -0.940. The standard InChI is InChI=1S/C10H11BrFNO2/c1-6(10(14)15)13-5-7-2-3-8(12)4-9(7)11/h2-4,6,13H,5H2,1H3,(H,14,15)/t6-/m1/s1. The van der Waals surface area contributed by atoms with Crippen molar-refractivity contribution >= 4 is 21.9 Å². The summed E-state index contributed by atoms with van der Waals surface area (Å²) in [6, 6.07) is 3.68. The van der Waals surface area contributed by atoms with Gasteiger partial charge in [0.15, 0.2) is 0 Å². The molecule has 0 saturated carbocycles. The zero-order valence-corrected chi connectivity index (χ0v) is 9.71. The second-order valence-corrected chi connectivity index (χ2v) is 4.03. The minimum absolute atomic E-state index is 0.322. The Bertz CT molecular complexity index is 370. The average Bonchev–Trinajstić information content (AvgIpc) is 2.15. The van der Waals surface area contributed by atoms with Crippen molar-refractivity contribution in [2.24, 2.45) is 0 Å². The zero-order chi connectivity index (χ0) is 11.4. The molecule has 15 heavy (non-hydrogen) atoms. The van der Waals surface area contributed by atoms with Gasteiger partial charge in [0.25, 0.3) is 0 Å². The molecule has 0 heterocycles. The number of halogens is 2. The lowest BCUT2D eigenvalue weighted by molar-refractivity contribution is -0.139. The van der Waals surface area contributed by atoms with Crippen molar-refractivity contribution in [3.05, 3.63) is 34.1 Å². The molecule has 0 saturated heterocycles. The van der Waals surface area contributed by atoms with Crippen molar-refractivity contribution < 1.29 is 14.3 Å². The fraction of sp³-hybridized carbons (Fsp3) is 0.300. The van der Waals surface area contributed by atoms with E-state index in [4.69, 9.17) is 5.11 Å². The fourth-order valence-corrected chi connectivity index (χ4v) is 1.51. The number of hydrogen-bond donors (Lipinski definition) is 2. The highest BCUT2D eigenvalue weighted by Crippen LogP contribution is 2.17. The van der Waals surface area contributed by atoms with Crippen LogP contribution in [0.5, 0.6) is 0 Å². The van der Waals surface area contributed by atoms with Crippen LogP contribution in [0.1, 0.15) is 12.5 Å². The number of aliphatic carboxylic acids is 1. The Morgan fingerprint density at radius 3 is 2.87 bits per heavy atom. The van der Waals surface area contributed by atoms with E-state index in [9.17, 15) is 9.18 Å². The first-order valence-electron chi connectivity index (χ1n) is 4.41. The van der Waals surface area contributed by atoms with Crippen molar-refractivity contribution in [2.45, 2.75) is 19.5 Å². The first kappa shape index (κ1) is 12.1. The maximum absolute atomic E-state index is 12.7. The van der Waals surface area contributed by atoms with E-state index in [1.165, 1.54) is 12.1 Å². The van der Waals surface area contributed by atoms with Crippen LogP contribution in [-0.2, 0) is 11.3 Å². The van der Waals surface area contributed by atoms with Gasteiger partial charge < -0.3 is 10.4 Å². The van der Waals surface area contributed by atoms with E-state index in [2.05, 4.69) is 21.2 Å². The van der Waals surface area contributed by atoms with Crippen molar-refractivity contribution in [1.29, 1.82) is 0 Å². The Labute approximate surface area is 95.4 Å². The van der Waals surface area contributed by atoms with Crippen molar-refractivity contribution in [3.8, 4) is 0 Å². The van der Waals surface area contributed by atoms with E-state index in [1.54, 1.807) is 13.0 Å². The highest BCUT2D eigenvalue weighted by atomic mass is 79.9. The third-order valence-corrected chi connectivity index (χ3v) is 2.72. The van der Waals surface area contributed by atoms with Crippen LogP contribution >= 0.6 is 15.9 Å². The van der Waals surface area contributed by atoms with Gasteiger partial charge in [-0.25, -0.2) is 4.39 Å². The maximum Gasteiger partial charge on any atom is 0.320 e. The summed E-state index contributed by atoms with van der Waals surface area (Å²) in [4.78, 5) is 10.5. The third-order valence-electron chi connectivity index (χ3n) is 1.98. The summed E-state index contributed by atoms with van der Waals surface area (Å²) < 4.78 is 13.4. The highest BCUT2D eigenvalue weighted by Gasteiger charge is 2.10. The molecular weight excluding hydrogens is 265 g/mol. The van der Waals surface area contributed by atoms with Crippen LogP contribution in [0.25, 0.3) is 0 Å². The molecule has 1 aromatic carbocycles. The first-order valence-corrected chi connectivity index (χ1v) is 5.20. The van der Waals surface area contributed by atoms with Gasteiger partial charge in [0.05, 0.1) is 0 Å². The van der Waals surface area contributed by atoms with E-state index in [1.807, 2.05) is 0 Å². The number of hydrogen-bond acceptors (Lipinski definition) is 2. The van der Waals surface area contributed by atoms with Gasteiger partial charge in [0, 0.05) is 11.0 Å². The smallest absolute Gasteiger partial charge is 0.320 e. The average molecular weight is 276 g/mol. The van der Waals surface area contributed by atoms with Gasteiger partial charge in [-0.3, -0.25) is 4.79 Å². The summed E-state index contributed by atoms with van der Waals surface area (Å²) in [6.45, 7) is 1.94. The third kappa shape index (κ3) is 3.60. The number of carboxylic acids is 1. The molecule has 3 nitrogen and oxygen atoms in total. The van der Waals surface area contributed by atoms with Gasteiger partial charge in [-0.05, 0) is 24.6 Å². The summed E-state index contributed by atoms with van der Waals surface area (Å²) in [6.07, 6.45) is 0. The summed E-state index contributed by atoms with van der Waals surface area (Å²) in [5, 5.41) is 11.4. The molecule has 0 unspecified atom stereocenters. The molecule has 1 atom stereocenters. The van der Waals surface area contributed by atoms with Gasteiger partial charge in [-0.15, -0.1) is 0 Å². The monoisotopic (exact) mass is 275 g/mol. The van der Waals surface area contributed by atoms with Gasteiger partial charge >= 0.3 is 5.97 Å². The summed E-state index contributed by atoms with van der Waals surface area (Å²) in [5.74, 6) is -1.23. The lowest BCUT2D eigenvalue weighted by atomic mass is 10.2. The highest BCUT2D eigenvalue weighted by molar-refractivity contribution is 9.10.